The molecule has 5 heteroatoms. The maximum absolute atomic E-state index is 12.1. The number of nitrogens with one attached hydrogen (secondary N) is 1. The molecule has 0 aliphatic rings. The first kappa shape index (κ1) is 13.5. The summed E-state index contributed by atoms with van der Waals surface area (Å²) in [5.41, 5.74) is 4.22. The van der Waals surface area contributed by atoms with Crippen LogP contribution in [0, 0.1) is 0 Å². The zero-order chi connectivity index (χ0) is 14.5. The molecule has 0 saturated carbocycles. The van der Waals surface area contributed by atoms with Gasteiger partial charge in [0, 0.05) is 18.9 Å². The number of hydrogen-bond donors (Lipinski definition) is 1. The van der Waals surface area contributed by atoms with Gasteiger partial charge in [-0.25, -0.2) is 0 Å². The molecule has 1 aromatic carbocycles. The summed E-state index contributed by atoms with van der Waals surface area (Å²) in [6.07, 6.45) is 3.36. The molecule has 0 spiro atoms. The van der Waals surface area contributed by atoms with E-state index in [0.717, 1.165) is 16.1 Å². The van der Waals surface area contributed by atoms with Gasteiger partial charge in [-0.05, 0) is 17.7 Å². The Morgan fingerprint density at radius 3 is 2.62 bits per heavy atom. The van der Waals surface area contributed by atoms with Gasteiger partial charge in [0.2, 0.25) is 0 Å². The second-order valence-electron chi connectivity index (χ2n) is 4.47. The molecule has 1 N–H and O–H groups in total. The Bertz CT molecular complexity index is 709. The predicted octanol–water partition coefficient (Wildman–Crippen LogP) is 3.14. The normalized spacial score (nSPS) is 10.3. The van der Waals surface area contributed by atoms with E-state index in [1.807, 2.05) is 36.4 Å². The average molecular weight is 295 g/mol. The van der Waals surface area contributed by atoms with Crippen LogP contribution in [0.25, 0.3) is 10.6 Å². The van der Waals surface area contributed by atoms with Crippen molar-refractivity contribution in [2.75, 3.05) is 0 Å². The van der Waals surface area contributed by atoms with Crippen molar-refractivity contribution in [3.05, 3.63) is 71.5 Å². The third-order valence-corrected chi connectivity index (χ3v) is 3.80. The second-order valence-corrected chi connectivity index (χ2v) is 5.35. The van der Waals surface area contributed by atoms with Crippen LogP contribution in [0.4, 0.5) is 0 Å². The van der Waals surface area contributed by atoms with Crippen molar-refractivity contribution >= 4 is 17.2 Å². The van der Waals surface area contributed by atoms with Crippen molar-refractivity contribution in [1.82, 2.24) is 15.3 Å². The van der Waals surface area contributed by atoms with E-state index in [0.29, 0.717) is 12.1 Å². The van der Waals surface area contributed by atoms with Gasteiger partial charge in [-0.3, -0.25) is 14.8 Å². The van der Waals surface area contributed by atoms with Crippen LogP contribution in [0.5, 0.6) is 0 Å². The molecule has 0 radical (unpaired) electrons. The van der Waals surface area contributed by atoms with Crippen molar-refractivity contribution in [3.8, 4) is 10.6 Å². The van der Waals surface area contributed by atoms with Crippen molar-refractivity contribution in [1.29, 1.82) is 0 Å². The molecule has 4 nitrogen and oxygen atoms in total. The molecular formula is C16H13N3OS. The van der Waals surface area contributed by atoms with Crippen LogP contribution < -0.4 is 5.32 Å². The van der Waals surface area contributed by atoms with Crippen LogP contribution in [0.1, 0.15) is 15.9 Å². The number of benzene rings is 1. The van der Waals surface area contributed by atoms with Crippen molar-refractivity contribution in [2.45, 2.75) is 6.54 Å². The van der Waals surface area contributed by atoms with Crippen LogP contribution in [-0.4, -0.2) is 15.9 Å². The monoisotopic (exact) mass is 295 g/mol. The zero-order valence-corrected chi connectivity index (χ0v) is 12.0. The van der Waals surface area contributed by atoms with E-state index >= 15 is 0 Å². The van der Waals surface area contributed by atoms with Crippen molar-refractivity contribution < 1.29 is 4.79 Å². The minimum atomic E-state index is -0.123. The fourth-order valence-electron chi connectivity index (χ4n) is 1.90. The highest BCUT2D eigenvalue weighted by Crippen LogP contribution is 2.20. The van der Waals surface area contributed by atoms with Crippen molar-refractivity contribution in [2.24, 2.45) is 0 Å². The van der Waals surface area contributed by atoms with Crippen LogP contribution in [-0.2, 0) is 6.54 Å². The smallest absolute Gasteiger partial charge is 0.253 e. The predicted molar refractivity (Wildman–Crippen MR) is 83.0 cm³/mol. The summed E-state index contributed by atoms with van der Waals surface area (Å²) in [7, 11) is 0. The van der Waals surface area contributed by atoms with Gasteiger partial charge in [0.15, 0.2) is 0 Å². The van der Waals surface area contributed by atoms with Gasteiger partial charge in [-0.15, -0.1) is 11.3 Å². The lowest BCUT2D eigenvalue weighted by Gasteiger charge is -2.05. The molecular weight excluding hydrogens is 282 g/mol. The molecule has 1 amide bonds. The van der Waals surface area contributed by atoms with E-state index in [4.69, 9.17) is 0 Å². The molecule has 104 valence electrons. The first-order chi connectivity index (χ1) is 10.3. The minimum absolute atomic E-state index is 0.123. The summed E-state index contributed by atoms with van der Waals surface area (Å²) in [6.45, 7) is 0.510. The van der Waals surface area contributed by atoms with Crippen LogP contribution in [0.2, 0.25) is 0 Å². The van der Waals surface area contributed by atoms with E-state index in [2.05, 4.69) is 15.3 Å². The minimum Gasteiger partial charge on any atom is -0.348 e. The Morgan fingerprint density at radius 1 is 1.10 bits per heavy atom. The molecule has 0 unspecified atom stereocenters. The third kappa shape index (κ3) is 3.32. The van der Waals surface area contributed by atoms with E-state index in [-0.39, 0.29) is 5.91 Å². The lowest BCUT2D eigenvalue weighted by Crippen LogP contribution is -2.22. The summed E-state index contributed by atoms with van der Waals surface area (Å²) in [5.74, 6) is -0.123. The Morgan fingerprint density at radius 2 is 1.95 bits per heavy atom. The maximum atomic E-state index is 12.1. The molecule has 0 aliphatic carbocycles. The zero-order valence-electron chi connectivity index (χ0n) is 11.2. The van der Waals surface area contributed by atoms with Crippen molar-refractivity contribution in [3.63, 3.8) is 0 Å². The molecule has 0 saturated heterocycles. The molecule has 0 atom stereocenters. The molecule has 2 heterocycles. The Hall–Kier alpha value is -2.53. The highest BCUT2D eigenvalue weighted by atomic mass is 32.1. The number of nitrogens with zero attached hydrogens (tertiary/aromatic N) is 2. The van der Waals surface area contributed by atoms with Gasteiger partial charge in [0.05, 0.1) is 21.6 Å². The molecule has 3 rings (SSSR count). The largest absolute Gasteiger partial charge is 0.348 e. The number of rotatable bonds is 4. The van der Waals surface area contributed by atoms with Gasteiger partial charge >= 0.3 is 0 Å². The summed E-state index contributed by atoms with van der Waals surface area (Å²) in [4.78, 5) is 21.4. The lowest BCUT2D eigenvalue weighted by molar-refractivity contribution is 0.0950. The average Bonchev–Trinajstić information content (AvgIpc) is 3.08. The van der Waals surface area contributed by atoms with E-state index in [9.17, 15) is 4.79 Å². The first-order valence-corrected chi connectivity index (χ1v) is 7.38. The molecule has 0 aliphatic heterocycles. The Kier molecular flexibility index (Phi) is 4.02. The molecule has 3 aromatic rings. The maximum Gasteiger partial charge on any atom is 0.253 e. The van der Waals surface area contributed by atoms with Gasteiger partial charge in [0.25, 0.3) is 5.91 Å². The number of amides is 1. The number of hydrogen-bond acceptors (Lipinski definition) is 4. The number of carbonyl (C=O) groups excluding carboxylic acids is 1. The highest BCUT2D eigenvalue weighted by molar-refractivity contribution is 7.13. The van der Waals surface area contributed by atoms with E-state index < -0.39 is 0 Å². The Balaban J connectivity index is 1.65. The third-order valence-electron chi connectivity index (χ3n) is 3.01. The molecule has 21 heavy (non-hydrogen) atoms. The summed E-state index contributed by atoms with van der Waals surface area (Å²) >= 11 is 1.52. The summed E-state index contributed by atoms with van der Waals surface area (Å²) < 4.78 is 0. The van der Waals surface area contributed by atoms with Gasteiger partial charge in [0.1, 0.15) is 0 Å². The van der Waals surface area contributed by atoms with Crippen LogP contribution >= 0.6 is 11.3 Å². The number of aromatic nitrogens is 2. The summed E-state index contributed by atoms with van der Waals surface area (Å²) in [6, 6.07) is 13.4. The highest BCUT2D eigenvalue weighted by Gasteiger charge is 2.07. The second kappa shape index (κ2) is 6.28. The van der Waals surface area contributed by atoms with Gasteiger partial charge in [-0.2, -0.15) is 0 Å². The lowest BCUT2D eigenvalue weighted by atomic mass is 10.2. The molecule has 0 fully saturated rings. The fourth-order valence-corrected chi connectivity index (χ4v) is 2.49. The first-order valence-electron chi connectivity index (χ1n) is 6.50. The number of carbonyl (C=O) groups is 1. The Labute approximate surface area is 126 Å². The fraction of sp³-hybridized carbons (Fsp3) is 0.0625. The number of pyridine rings is 1. The van der Waals surface area contributed by atoms with Gasteiger partial charge < -0.3 is 5.32 Å². The van der Waals surface area contributed by atoms with E-state index in [1.165, 1.54) is 11.3 Å². The summed E-state index contributed by atoms with van der Waals surface area (Å²) in [5, 5.41) is 2.88. The van der Waals surface area contributed by atoms with Crippen LogP contribution in [0.15, 0.2) is 60.4 Å². The van der Waals surface area contributed by atoms with Gasteiger partial charge in [-0.1, -0.05) is 30.3 Å². The quantitative estimate of drug-likeness (QED) is 0.804. The molecule has 0 bridgehead atoms. The topological polar surface area (TPSA) is 54.9 Å². The standard InChI is InChI=1S/C16H13N3OS/c20-16(19-8-12-4-2-1-3-5-12)13-6-7-14(18-9-13)15-10-17-11-21-15/h1-7,9-11H,8H2,(H,19,20). The van der Waals surface area contributed by atoms with E-state index in [1.54, 1.807) is 24.0 Å². The SMILES string of the molecule is O=C(NCc1ccccc1)c1ccc(-c2cncs2)nc1. The van der Waals surface area contributed by atoms with Crippen LogP contribution in [0.3, 0.4) is 0 Å². The molecule has 2 aromatic heterocycles. The number of thiazole rings is 1.